The highest BCUT2D eigenvalue weighted by molar-refractivity contribution is 7.99. The SMILES string of the molecule is N=C(N)CCCSCC(=O)Nc1ccc(CC2CN(CC(=O)O)CCN(CC(=O)O)CCCN(CC(=O)O)CCN(CC(=O)O)C2)cc1. The lowest BCUT2D eigenvalue weighted by Crippen LogP contribution is -2.47. The van der Waals surface area contributed by atoms with Gasteiger partial charge in [0, 0.05) is 64.5 Å². The Morgan fingerprint density at radius 1 is 0.750 bits per heavy atom. The largest absolute Gasteiger partial charge is 0.480 e. The van der Waals surface area contributed by atoms with Gasteiger partial charge in [-0.3, -0.25) is 49.0 Å². The molecular formula is C31H49N7O9S. The summed E-state index contributed by atoms with van der Waals surface area (Å²) in [6.45, 7) is 1.40. The molecule has 16 nitrogen and oxygen atoms in total. The number of anilines is 1. The molecule has 0 aliphatic carbocycles. The Labute approximate surface area is 284 Å². The topological polar surface area (TPSA) is 241 Å². The molecule has 8 N–H and O–H groups in total. The van der Waals surface area contributed by atoms with E-state index in [2.05, 4.69) is 5.32 Å². The molecule has 17 heteroatoms. The van der Waals surface area contributed by atoms with E-state index in [9.17, 15) is 44.4 Å². The maximum Gasteiger partial charge on any atom is 0.317 e. The second kappa shape index (κ2) is 22.0. The van der Waals surface area contributed by atoms with Crippen LogP contribution in [0.15, 0.2) is 24.3 Å². The molecule has 268 valence electrons. The zero-order valence-corrected chi connectivity index (χ0v) is 28.0. The first kappa shape index (κ1) is 40.4. The minimum Gasteiger partial charge on any atom is -0.480 e. The molecule has 1 aromatic rings. The lowest BCUT2D eigenvalue weighted by atomic mass is 9.97. The Hall–Kier alpha value is -3.77. The first-order chi connectivity index (χ1) is 22.8. The van der Waals surface area contributed by atoms with E-state index in [-0.39, 0.29) is 75.8 Å². The zero-order valence-electron chi connectivity index (χ0n) is 27.2. The molecule has 1 aromatic carbocycles. The molecule has 0 unspecified atom stereocenters. The Bertz CT molecular complexity index is 1170. The third-order valence-corrected chi connectivity index (χ3v) is 8.66. The maximum absolute atomic E-state index is 12.4. The molecule has 0 atom stereocenters. The molecule has 1 aliphatic rings. The van der Waals surface area contributed by atoms with Crippen molar-refractivity contribution in [1.29, 1.82) is 5.41 Å². The number of carbonyl (C=O) groups excluding carboxylic acids is 1. The van der Waals surface area contributed by atoms with Crippen LogP contribution in [0, 0.1) is 11.3 Å². The van der Waals surface area contributed by atoms with Crippen molar-refractivity contribution in [3.63, 3.8) is 0 Å². The molecule has 1 heterocycles. The van der Waals surface area contributed by atoms with Crippen LogP contribution in [0.5, 0.6) is 0 Å². The van der Waals surface area contributed by atoms with Crippen molar-refractivity contribution in [3.8, 4) is 0 Å². The molecule has 1 fully saturated rings. The monoisotopic (exact) mass is 695 g/mol. The van der Waals surface area contributed by atoms with Crippen LogP contribution in [0.25, 0.3) is 0 Å². The number of carbonyl (C=O) groups is 5. The predicted molar refractivity (Wildman–Crippen MR) is 182 cm³/mol. The van der Waals surface area contributed by atoms with Crippen molar-refractivity contribution in [1.82, 2.24) is 19.6 Å². The number of carboxylic acid groups (broad SMARTS) is 4. The maximum atomic E-state index is 12.4. The predicted octanol–water partition coefficient (Wildman–Crippen LogP) is 0.183. The molecule has 48 heavy (non-hydrogen) atoms. The summed E-state index contributed by atoms with van der Waals surface area (Å²) in [7, 11) is 0. The molecule has 1 aliphatic heterocycles. The van der Waals surface area contributed by atoms with Gasteiger partial charge >= 0.3 is 23.9 Å². The Morgan fingerprint density at radius 2 is 1.21 bits per heavy atom. The average molecular weight is 696 g/mol. The number of carboxylic acids is 4. The highest BCUT2D eigenvalue weighted by Crippen LogP contribution is 2.17. The summed E-state index contributed by atoms with van der Waals surface area (Å²) in [5.41, 5.74) is 6.85. The highest BCUT2D eigenvalue weighted by Gasteiger charge is 2.24. The summed E-state index contributed by atoms with van der Waals surface area (Å²) in [6.07, 6.45) is 2.16. The van der Waals surface area contributed by atoms with Gasteiger partial charge in [-0.05, 0) is 48.6 Å². The van der Waals surface area contributed by atoms with E-state index in [1.165, 1.54) is 11.8 Å². The van der Waals surface area contributed by atoms with E-state index in [1.807, 2.05) is 12.1 Å². The number of thioether (sulfide) groups is 1. The first-order valence-corrected chi connectivity index (χ1v) is 17.0. The highest BCUT2D eigenvalue weighted by atomic mass is 32.2. The molecule has 0 radical (unpaired) electrons. The van der Waals surface area contributed by atoms with Gasteiger partial charge < -0.3 is 31.5 Å². The number of hydrogen-bond donors (Lipinski definition) is 7. The smallest absolute Gasteiger partial charge is 0.317 e. The summed E-state index contributed by atoms with van der Waals surface area (Å²) >= 11 is 1.45. The van der Waals surface area contributed by atoms with E-state index in [0.29, 0.717) is 56.9 Å². The molecular weight excluding hydrogens is 646 g/mol. The van der Waals surface area contributed by atoms with Gasteiger partial charge in [0.2, 0.25) is 5.91 Å². The minimum absolute atomic E-state index is 0.122. The van der Waals surface area contributed by atoms with E-state index in [1.54, 1.807) is 31.7 Å². The number of amides is 1. The Morgan fingerprint density at radius 3 is 1.67 bits per heavy atom. The lowest BCUT2D eigenvalue weighted by Gasteiger charge is -2.34. The summed E-state index contributed by atoms with van der Waals surface area (Å²) < 4.78 is 0. The number of nitrogens with one attached hydrogen (secondary N) is 2. The van der Waals surface area contributed by atoms with Crippen LogP contribution in [0.3, 0.4) is 0 Å². The second-order valence-corrected chi connectivity index (χ2v) is 13.1. The van der Waals surface area contributed by atoms with Crippen molar-refractivity contribution in [2.24, 2.45) is 11.7 Å². The van der Waals surface area contributed by atoms with Crippen molar-refractivity contribution >= 4 is 53.1 Å². The van der Waals surface area contributed by atoms with Crippen molar-refractivity contribution < 1.29 is 44.4 Å². The number of nitrogens with two attached hydrogens (primary N) is 1. The Balaban J connectivity index is 2.24. The van der Waals surface area contributed by atoms with Gasteiger partial charge in [0.15, 0.2) is 0 Å². The van der Waals surface area contributed by atoms with Crippen LogP contribution >= 0.6 is 11.8 Å². The van der Waals surface area contributed by atoms with Crippen molar-refractivity contribution in [3.05, 3.63) is 29.8 Å². The second-order valence-electron chi connectivity index (χ2n) is 11.9. The van der Waals surface area contributed by atoms with Crippen LogP contribution in [-0.4, -0.2) is 166 Å². The Kier molecular flexibility index (Phi) is 18.5. The quantitative estimate of drug-likeness (QED) is 0.0653. The number of hydrogen-bond acceptors (Lipinski definition) is 11. The van der Waals surface area contributed by atoms with E-state index in [4.69, 9.17) is 11.1 Å². The van der Waals surface area contributed by atoms with Gasteiger partial charge in [-0.25, -0.2) is 0 Å². The van der Waals surface area contributed by atoms with Crippen LogP contribution < -0.4 is 11.1 Å². The number of benzene rings is 1. The number of aliphatic carboxylic acids is 4. The van der Waals surface area contributed by atoms with Crippen LogP contribution in [-0.2, 0) is 30.4 Å². The molecule has 0 spiro atoms. The summed E-state index contributed by atoms with van der Waals surface area (Å²) in [5.74, 6) is -3.43. The third kappa shape index (κ3) is 18.5. The zero-order chi connectivity index (χ0) is 35.5. The van der Waals surface area contributed by atoms with Crippen LogP contribution in [0.4, 0.5) is 5.69 Å². The van der Waals surface area contributed by atoms with Crippen molar-refractivity contribution in [2.75, 3.05) is 95.4 Å². The van der Waals surface area contributed by atoms with E-state index in [0.717, 1.165) is 12.0 Å². The lowest BCUT2D eigenvalue weighted by molar-refractivity contribution is -0.141. The minimum atomic E-state index is -1.04. The fraction of sp³-hybridized carbons (Fsp3) is 0.613. The fourth-order valence-electron chi connectivity index (χ4n) is 5.56. The van der Waals surface area contributed by atoms with Gasteiger partial charge in [-0.15, -0.1) is 0 Å². The van der Waals surface area contributed by atoms with Crippen LogP contribution in [0.1, 0.15) is 24.8 Å². The molecule has 1 saturated heterocycles. The molecule has 0 bridgehead atoms. The van der Waals surface area contributed by atoms with Gasteiger partial charge in [0.25, 0.3) is 0 Å². The third-order valence-electron chi connectivity index (χ3n) is 7.61. The average Bonchev–Trinajstić information content (AvgIpc) is 2.97. The number of nitrogens with zero attached hydrogens (tertiary/aromatic N) is 4. The van der Waals surface area contributed by atoms with Gasteiger partial charge in [0.05, 0.1) is 37.8 Å². The summed E-state index contributed by atoms with van der Waals surface area (Å²) in [6, 6.07) is 7.25. The van der Waals surface area contributed by atoms with Gasteiger partial charge in [-0.2, -0.15) is 11.8 Å². The van der Waals surface area contributed by atoms with E-state index < -0.39 is 23.9 Å². The van der Waals surface area contributed by atoms with Gasteiger partial charge in [0.1, 0.15) is 0 Å². The number of amidine groups is 1. The standard InChI is InChI=1S/C31H49N7O9S/c32-26(33)3-1-14-48-22-27(39)34-25-6-4-23(5-7-25)15-24-16-37(20-30(44)45)12-10-35(18-28(40)41)8-2-9-36(19-29(42)43)11-13-38(17-24)21-31(46)47/h4-7,24H,1-3,8-22H2,(H3,32,33)(H,34,39)(H,40,41)(H,42,43)(H,44,45)(H,46,47). The molecule has 1 amide bonds. The summed E-state index contributed by atoms with van der Waals surface area (Å²) in [5, 5.41) is 48.3. The van der Waals surface area contributed by atoms with Crippen LogP contribution in [0.2, 0.25) is 0 Å². The fourth-order valence-corrected chi connectivity index (χ4v) is 6.31. The number of rotatable bonds is 17. The molecule has 0 saturated carbocycles. The van der Waals surface area contributed by atoms with Gasteiger partial charge in [-0.1, -0.05) is 12.1 Å². The summed E-state index contributed by atoms with van der Waals surface area (Å²) in [4.78, 5) is 66.0. The first-order valence-electron chi connectivity index (χ1n) is 15.8. The molecule has 2 rings (SSSR count). The van der Waals surface area contributed by atoms with Crippen molar-refractivity contribution in [2.45, 2.75) is 25.7 Å². The molecule has 0 aromatic heterocycles. The normalized spacial score (nSPS) is 16.9. The van der Waals surface area contributed by atoms with E-state index >= 15 is 0 Å².